The lowest BCUT2D eigenvalue weighted by Gasteiger charge is -2.42. The number of rotatable bonds is 3. The van der Waals surface area contributed by atoms with Crippen molar-refractivity contribution in [3.8, 4) is 0 Å². The monoisotopic (exact) mass is 275 g/mol. The van der Waals surface area contributed by atoms with Crippen molar-refractivity contribution in [2.75, 3.05) is 6.54 Å². The van der Waals surface area contributed by atoms with E-state index in [2.05, 4.69) is 12.2 Å². The van der Waals surface area contributed by atoms with Crippen molar-refractivity contribution in [2.45, 2.75) is 32.0 Å². The summed E-state index contributed by atoms with van der Waals surface area (Å²) in [5.74, 6) is 0.788. The van der Waals surface area contributed by atoms with Gasteiger partial charge in [0.15, 0.2) is 0 Å². The van der Waals surface area contributed by atoms with Crippen LogP contribution in [-0.2, 0) is 4.79 Å². The molecule has 1 atom stereocenters. The summed E-state index contributed by atoms with van der Waals surface area (Å²) in [6, 6.07) is 6.73. The van der Waals surface area contributed by atoms with Crippen LogP contribution in [0.5, 0.6) is 0 Å². The number of amides is 1. The third kappa shape index (κ3) is 2.16. The standard InChI is InChI=1S/C14H17N3O3/c1-9-6-12(7-9)16-13(18)8-15-14(16)10-2-4-11(5-3-10)17(19)20/h2-5,9,12,14-15H,6-8H2,1H3. The van der Waals surface area contributed by atoms with E-state index < -0.39 is 4.92 Å². The van der Waals surface area contributed by atoms with Gasteiger partial charge >= 0.3 is 0 Å². The Balaban J connectivity index is 1.81. The first-order valence-corrected chi connectivity index (χ1v) is 6.85. The van der Waals surface area contributed by atoms with Crippen LogP contribution in [0, 0.1) is 16.0 Å². The Morgan fingerprint density at radius 3 is 2.50 bits per heavy atom. The van der Waals surface area contributed by atoms with Crippen molar-refractivity contribution >= 4 is 11.6 Å². The minimum Gasteiger partial charge on any atom is -0.319 e. The van der Waals surface area contributed by atoms with Gasteiger partial charge in [0, 0.05) is 18.2 Å². The van der Waals surface area contributed by atoms with Gasteiger partial charge in [-0.2, -0.15) is 0 Å². The Hall–Kier alpha value is -1.95. The van der Waals surface area contributed by atoms with Crippen LogP contribution < -0.4 is 5.32 Å². The van der Waals surface area contributed by atoms with Gasteiger partial charge in [-0.05, 0) is 36.5 Å². The van der Waals surface area contributed by atoms with Gasteiger partial charge in [0.2, 0.25) is 5.91 Å². The van der Waals surface area contributed by atoms with Crippen LogP contribution in [-0.4, -0.2) is 28.3 Å². The molecule has 1 unspecified atom stereocenters. The maximum atomic E-state index is 12.0. The summed E-state index contributed by atoms with van der Waals surface area (Å²) in [6.45, 7) is 2.53. The molecule has 0 spiro atoms. The molecule has 1 N–H and O–H groups in total. The second-order valence-electron chi connectivity index (χ2n) is 5.66. The minimum atomic E-state index is -0.414. The van der Waals surface area contributed by atoms with Crippen LogP contribution in [0.25, 0.3) is 0 Å². The van der Waals surface area contributed by atoms with E-state index in [1.54, 1.807) is 12.1 Å². The van der Waals surface area contributed by atoms with Crippen molar-refractivity contribution in [1.82, 2.24) is 10.2 Å². The van der Waals surface area contributed by atoms with Gasteiger partial charge in [0.05, 0.1) is 11.5 Å². The van der Waals surface area contributed by atoms with Crippen molar-refractivity contribution in [3.05, 3.63) is 39.9 Å². The average molecular weight is 275 g/mol. The van der Waals surface area contributed by atoms with Crippen LogP contribution in [0.4, 0.5) is 5.69 Å². The second-order valence-corrected chi connectivity index (χ2v) is 5.66. The molecule has 20 heavy (non-hydrogen) atoms. The fourth-order valence-electron chi connectivity index (χ4n) is 3.08. The number of nitrogens with one attached hydrogen (secondary N) is 1. The van der Waals surface area contributed by atoms with E-state index >= 15 is 0 Å². The number of hydrogen-bond donors (Lipinski definition) is 1. The molecule has 106 valence electrons. The summed E-state index contributed by atoms with van der Waals surface area (Å²) in [4.78, 5) is 24.2. The molecule has 1 aromatic carbocycles. The summed E-state index contributed by atoms with van der Waals surface area (Å²) >= 11 is 0. The smallest absolute Gasteiger partial charge is 0.269 e. The zero-order valence-electron chi connectivity index (χ0n) is 11.3. The molecule has 1 heterocycles. The van der Waals surface area contributed by atoms with Crippen LogP contribution in [0.1, 0.15) is 31.5 Å². The molecule has 1 aromatic rings. The average Bonchev–Trinajstić information content (AvgIpc) is 2.77. The van der Waals surface area contributed by atoms with E-state index in [1.165, 1.54) is 12.1 Å². The minimum absolute atomic E-state index is 0.0712. The zero-order chi connectivity index (χ0) is 14.3. The van der Waals surface area contributed by atoms with Gasteiger partial charge in [-0.1, -0.05) is 6.92 Å². The lowest BCUT2D eigenvalue weighted by atomic mass is 9.80. The highest BCUT2D eigenvalue weighted by molar-refractivity contribution is 5.81. The lowest BCUT2D eigenvalue weighted by Crippen LogP contribution is -2.46. The summed E-state index contributed by atoms with van der Waals surface area (Å²) in [6.07, 6.45) is 1.93. The molecule has 2 aliphatic rings. The quantitative estimate of drug-likeness (QED) is 0.674. The Kier molecular flexibility index (Phi) is 3.17. The molecule has 0 radical (unpaired) electrons. The van der Waals surface area contributed by atoms with Gasteiger partial charge in [-0.3, -0.25) is 20.2 Å². The summed E-state index contributed by atoms with van der Waals surface area (Å²) in [7, 11) is 0. The molecule has 1 amide bonds. The van der Waals surface area contributed by atoms with Crippen molar-refractivity contribution in [3.63, 3.8) is 0 Å². The zero-order valence-corrected chi connectivity index (χ0v) is 11.3. The van der Waals surface area contributed by atoms with E-state index in [1.807, 2.05) is 4.90 Å². The molecule has 3 rings (SSSR count). The van der Waals surface area contributed by atoms with Gasteiger partial charge in [-0.15, -0.1) is 0 Å². The number of benzene rings is 1. The fourth-order valence-corrected chi connectivity index (χ4v) is 3.08. The van der Waals surface area contributed by atoms with Crippen LogP contribution in [0.3, 0.4) is 0 Å². The van der Waals surface area contributed by atoms with E-state index in [9.17, 15) is 14.9 Å². The normalized spacial score (nSPS) is 29.4. The Bertz CT molecular complexity index is 537. The summed E-state index contributed by atoms with van der Waals surface area (Å²) in [5.41, 5.74) is 0.975. The van der Waals surface area contributed by atoms with Crippen LogP contribution >= 0.6 is 0 Å². The van der Waals surface area contributed by atoms with E-state index in [4.69, 9.17) is 0 Å². The number of carbonyl (C=O) groups excluding carboxylic acids is 1. The van der Waals surface area contributed by atoms with Crippen LogP contribution in [0.2, 0.25) is 0 Å². The van der Waals surface area contributed by atoms with Crippen molar-refractivity contribution in [2.24, 2.45) is 5.92 Å². The summed E-state index contributed by atoms with van der Waals surface area (Å²) < 4.78 is 0. The van der Waals surface area contributed by atoms with Gasteiger partial charge < -0.3 is 4.90 Å². The molecule has 1 aliphatic carbocycles. The van der Waals surface area contributed by atoms with E-state index in [-0.39, 0.29) is 17.8 Å². The lowest BCUT2D eigenvalue weighted by molar-refractivity contribution is -0.384. The molecule has 1 aliphatic heterocycles. The number of hydrogen-bond acceptors (Lipinski definition) is 4. The van der Waals surface area contributed by atoms with Crippen molar-refractivity contribution < 1.29 is 9.72 Å². The maximum absolute atomic E-state index is 12.0. The Labute approximate surface area is 116 Å². The van der Waals surface area contributed by atoms with Crippen LogP contribution in [0.15, 0.2) is 24.3 Å². The SMILES string of the molecule is CC1CC(N2C(=O)CNC2c2ccc([N+](=O)[O-])cc2)C1. The summed E-state index contributed by atoms with van der Waals surface area (Å²) in [5, 5.41) is 13.9. The largest absolute Gasteiger partial charge is 0.319 e. The molecule has 1 saturated carbocycles. The van der Waals surface area contributed by atoms with Gasteiger partial charge in [-0.25, -0.2) is 0 Å². The maximum Gasteiger partial charge on any atom is 0.269 e. The second kappa shape index (κ2) is 4.86. The Morgan fingerprint density at radius 2 is 1.95 bits per heavy atom. The number of nitrogens with zero attached hydrogens (tertiary/aromatic N) is 2. The highest BCUT2D eigenvalue weighted by Gasteiger charge is 2.41. The fraction of sp³-hybridized carbons (Fsp3) is 0.500. The highest BCUT2D eigenvalue weighted by Crippen LogP contribution is 2.37. The molecular weight excluding hydrogens is 258 g/mol. The van der Waals surface area contributed by atoms with Gasteiger partial charge in [0.1, 0.15) is 6.17 Å². The number of carbonyl (C=O) groups is 1. The molecule has 6 nitrogen and oxygen atoms in total. The number of nitro benzene ring substituents is 1. The molecular formula is C14H17N3O3. The predicted molar refractivity (Wildman–Crippen MR) is 72.9 cm³/mol. The first-order valence-electron chi connectivity index (χ1n) is 6.85. The number of nitro groups is 1. The van der Waals surface area contributed by atoms with Crippen molar-refractivity contribution in [1.29, 1.82) is 0 Å². The number of non-ortho nitro benzene ring substituents is 1. The van der Waals surface area contributed by atoms with E-state index in [0.29, 0.717) is 18.5 Å². The first-order chi connectivity index (χ1) is 9.56. The molecule has 2 fully saturated rings. The third-order valence-corrected chi connectivity index (χ3v) is 4.17. The molecule has 0 bridgehead atoms. The first kappa shape index (κ1) is 13.1. The van der Waals surface area contributed by atoms with Gasteiger partial charge in [0.25, 0.3) is 5.69 Å². The molecule has 1 saturated heterocycles. The highest BCUT2D eigenvalue weighted by atomic mass is 16.6. The topological polar surface area (TPSA) is 75.5 Å². The predicted octanol–water partition coefficient (Wildman–Crippen LogP) is 1.82. The third-order valence-electron chi connectivity index (χ3n) is 4.17. The van der Waals surface area contributed by atoms with E-state index in [0.717, 1.165) is 18.4 Å². The Morgan fingerprint density at radius 1 is 1.30 bits per heavy atom. The molecule has 0 aromatic heterocycles. The molecule has 6 heteroatoms.